The normalized spacial score (nSPS) is 20.9. The van der Waals surface area contributed by atoms with Gasteiger partial charge in [0.2, 0.25) is 0 Å². The Hall–Kier alpha value is -2.54. The molecular formula is C23H27ClFN5. The SMILES string of the molecule is C/C(N)=C1\c2ccc(C3=CCNCC3)cc2C(Nc2cccc(Cl)c2F)CCN1N. The smallest absolute Gasteiger partial charge is 0.164 e. The predicted octanol–water partition coefficient (Wildman–Crippen LogP) is 4.24. The van der Waals surface area contributed by atoms with Crippen molar-refractivity contribution in [2.24, 2.45) is 11.6 Å². The third-order valence-corrected chi connectivity index (χ3v) is 6.01. The molecule has 0 fully saturated rings. The van der Waals surface area contributed by atoms with Gasteiger partial charge in [0.05, 0.1) is 22.4 Å². The third kappa shape index (κ3) is 4.03. The lowest BCUT2D eigenvalue weighted by Gasteiger charge is -2.23. The predicted molar refractivity (Wildman–Crippen MR) is 122 cm³/mol. The Balaban J connectivity index is 1.82. The summed E-state index contributed by atoms with van der Waals surface area (Å²) in [6, 6.07) is 11.2. The molecule has 0 saturated heterocycles. The minimum Gasteiger partial charge on any atom is -0.401 e. The number of rotatable bonds is 3. The number of fused-ring (bicyclic) bond motifs is 1. The summed E-state index contributed by atoms with van der Waals surface area (Å²) in [5.74, 6) is 5.89. The van der Waals surface area contributed by atoms with E-state index in [1.165, 1.54) is 11.1 Å². The van der Waals surface area contributed by atoms with Crippen LogP contribution in [0, 0.1) is 5.82 Å². The molecular weight excluding hydrogens is 401 g/mol. The highest BCUT2D eigenvalue weighted by Crippen LogP contribution is 2.38. The molecule has 4 rings (SSSR count). The van der Waals surface area contributed by atoms with Gasteiger partial charge in [-0.15, -0.1) is 0 Å². The van der Waals surface area contributed by atoms with E-state index in [-0.39, 0.29) is 11.1 Å². The quantitative estimate of drug-likeness (QED) is 0.551. The van der Waals surface area contributed by atoms with Gasteiger partial charge in [-0.2, -0.15) is 0 Å². The highest BCUT2D eigenvalue weighted by atomic mass is 35.5. The second-order valence-electron chi connectivity index (χ2n) is 7.80. The van der Waals surface area contributed by atoms with E-state index in [1.807, 2.05) is 6.92 Å². The summed E-state index contributed by atoms with van der Waals surface area (Å²) in [5.41, 5.74) is 12.6. The Kier molecular flexibility index (Phi) is 5.99. The van der Waals surface area contributed by atoms with Crippen molar-refractivity contribution in [2.75, 3.05) is 25.0 Å². The molecule has 5 nitrogen and oxygen atoms in total. The van der Waals surface area contributed by atoms with Crippen LogP contribution in [-0.2, 0) is 0 Å². The van der Waals surface area contributed by atoms with Crippen molar-refractivity contribution < 1.29 is 4.39 Å². The van der Waals surface area contributed by atoms with Gasteiger partial charge in [-0.3, -0.25) is 0 Å². The number of anilines is 1. The molecule has 30 heavy (non-hydrogen) atoms. The van der Waals surface area contributed by atoms with E-state index in [2.05, 4.69) is 34.9 Å². The fraction of sp³-hybridized carbons (Fsp3) is 0.304. The molecule has 2 aliphatic rings. The van der Waals surface area contributed by atoms with Crippen LogP contribution in [0.25, 0.3) is 11.3 Å². The number of hydrazine groups is 1. The molecule has 0 saturated carbocycles. The lowest BCUT2D eigenvalue weighted by Crippen LogP contribution is -2.31. The average Bonchev–Trinajstić information content (AvgIpc) is 2.88. The molecule has 2 aromatic rings. The van der Waals surface area contributed by atoms with Crippen molar-refractivity contribution in [3.63, 3.8) is 0 Å². The van der Waals surface area contributed by atoms with Crippen LogP contribution in [0.5, 0.6) is 0 Å². The van der Waals surface area contributed by atoms with E-state index in [1.54, 1.807) is 23.2 Å². The fourth-order valence-corrected chi connectivity index (χ4v) is 4.41. The molecule has 6 N–H and O–H groups in total. The third-order valence-electron chi connectivity index (χ3n) is 5.72. The molecule has 0 radical (unpaired) electrons. The van der Waals surface area contributed by atoms with Crippen molar-refractivity contribution in [1.29, 1.82) is 0 Å². The maximum atomic E-state index is 14.6. The summed E-state index contributed by atoms with van der Waals surface area (Å²) < 4.78 is 14.6. The second-order valence-corrected chi connectivity index (χ2v) is 8.20. The maximum Gasteiger partial charge on any atom is 0.164 e. The minimum atomic E-state index is -0.447. The number of nitrogens with two attached hydrogens (primary N) is 2. The molecule has 1 unspecified atom stereocenters. The molecule has 0 amide bonds. The van der Waals surface area contributed by atoms with E-state index in [0.717, 1.165) is 36.3 Å². The second kappa shape index (κ2) is 8.68. The van der Waals surface area contributed by atoms with Crippen LogP contribution in [0.4, 0.5) is 10.1 Å². The van der Waals surface area contributed by atoms with E-state index in [4.69, 9.17) is 23.2 Å². The number of hydrogen-bond donors (Lipinski definition) is 4. The lowest BCUT2D eigenvalue weighted by atomic mass is 9.91. The number of allylic oxidation sites excluding steroid dienone is 1. The zero-order chi connectivity index (χ0) is 21.3. The van der Waals surface area contributed by atoms with Crippen LogP contribution in [0.15, 0.2) is 48.2 Å². The van der Waals surface area contributed by atoms with Crippen molar-refractivity contribution in [3.05, 3.63) is 75.7 Å². The van der Waals surface area contributed by atoms with Gasteiger partial charge in [-0.1, -0.05) is 35.9 Å². The van der Waals surface area contributed by atoms with Crippen LogP contribution in [-0.4, -0.2) is 24.6 Å². The number of benzene rings is 2. The fourth-order valence-electron chi connectivity index (χ4n) is 4.23. The molecule has 0 aliphatic carbocycles. The molecule has 1 atom stereocenters. The molecule has 0 bridgehead atoms. The highest BCUT2D eigenvalue weighted by molar-refractivity contribution is 6.31. The molecule has 158 valence electrons. The molecule has 0 aromatic heterocycles. The maximum absolute atomic E-state index is 14.6. The molecule has 7 heteroatoms. The average molecular weight is 428 g/mol. The first-order valence-electron chi connectivity index (χ1n) is 10.2. The Morgan fingerprint density at radius 1 is 1.30 bits per heavy atom. The topological polar surface area (TPSA) is 79.3 Å². The van der Waals surface area contributed by atoms with Gasteiger partial charge >= 0.3 is 0 Å². The first-order chi connectivity index (χ1) is 14.5. The van der Waals surface area contributed by atoms with E-state index in [9.17, 15) is 4.39 Å². The summed E-state index contributed by atoms with van der Waals surface area (Å²) in [4.78, 5) is 0. The zero-order valence-corrected chi connectivity index (χ0v) is 17.8. The summed E-state index contributed by atoms with van der Waals surface area (Å²) in [5, 5.41) is 8.49. The zero-order valence-electron chi connectivity index (χ0n) is 17.0. The van der Waals surface area contributed by atoms with Gasteiger partial charge in [0.15, 0.2) is 5.82 Å². The number of nitrogens with one attached hydrogen (secondary N) is 2. The number of halogens is 2. The van der Waals surface area contributed by atoms with Gasteiger partial charge < -0.3 is 21.4 Å². The Morgan fingerprint density at radius 3 is 2.87 bits per heavy atom. The summed E-state index contributed by atoms with van der Waals surface area (Å²) in [6.07, 6.45) is 3.89. The van der Waals surface area contributed by atoms with Crippen molar-refractivity contribution in [1.82, 2.24) is 10.3 Å². The van der Waals surface area contributed by atoms with Crippen molar-refractivity contribution in [2.45, 2.75) is 25.8 Å². The van der Waals surface area contributed by atoms with E-state index >= 15 is 0 Å². The Morgan fingerprint density at radius 2 is 2.13 bits per heavy atom. The van der Waals surface area contributed by atoms with Gasteiger partial charge in [0.1, 0.15) is 0 Å². The van der Waals surface area contributed by atoms with Gasteiger partial charge in [-0.05, 0) is 61.2 Å². The monoisotopic (exact) mass is 427 g/mol. The standard InChI is InChI=1S/C23H27ClFN5/c1-14(26)23-17-6-5-16(15-7-10-28-11-8-15)13-18(17)20(9-12-30(23)27)29-21-4-2-3-19(24)22(21)25/h2-7,13,20,28-29H,8-12,26-27H2,1H3/b23-14-. The van der Waals surface area contributed by atoms with Crippen LogP contribution < -0.4 is 22.2 Å². The van der Waals surface area contributed by atoms with Crippen LogP contribution >= 0.6 is 11.6 Å². The number of nitrogens with zero attached hydrogens (tertiary/aromatic N) is 1. The van der Waals surface area contributed by atoms with Gasteiger partial charge in [0, 0.05) is 24.4 Å². The first kappa shape index (κ1) is 20.7. The Bertz CT molecular complexity index is 1010. The van der Waals surface area contributed by atoms with Crippen LogP contribution in [0.3, 0.4) is 0 Å². The summed E-state index contributed by atoms with van der Waals surface area (Å²) in [7, 11) is 0. The first-order valence-corrected chi connectivity index (χ1v) is 10.6. The van der Waals surface area contributed by atoms with E-state index in [0.29, 0.717) is 24.4 Å². The largest absolute Gasteiger partial charge is 0.401 e. The van der Waals surface area contributed by atoms with Crippen LogP contribution in [0.2, 0.25) is 5.02 Å². The highest BCUT2D eigenvalue weighted by Gasteiger charge is 2.27. The van der Waals surface area contributed by atoms with E-state index < -0.39 is 5.82 Å². The molecule has 2 heterocycles. The minimum absolute atomic E-state index is 0.0984. The molecule has 2 aliphatic heterocycles. The van der Waals surface area contributed by atoms with Gasteiger partial charge in [0.25, 0.3) is 0 Å². The summed E-state index contributed by atoms with van der Waals surface area (Å²) in [6.45, 7) is 4.26. The van der Waals surface area contributed by atoms with Crippen molar-refractivity contribution >= 4 is 28.6 Å². The van der Waals surface area contributed by atoms with Crippen molar-refractivity contribution in [3.8, 4) is 0 Å². The lowest BCUT2D eigenvalue weighted by molar-refractivity contribution is 0.401. The summed E-state index contributed by atoms with van der Waals surface area (Å²) >= 11 is 6.00. The number of hydrogen-bond acceptors (Lipinski definition) is 5. The molecule has 0 spiro atoms. The molecule has 2 aromatic carbocycles. The Labute approximate surface area is 181 Å². The van der Waals surface area contributed by atoms with Crippen LogP contribution in [0.1, 0.15) is 42.5 Å². The van der Waals surface area contributed by atoms with Gasteiger partial charge in [-0.25, -0.2) is 10.2 Å².